The van der Waals surface area contributed by atoms with Crippen molar-refractivity contribution in [3.8, 4) is 0 Å². The summed E-state index contributed by atoms with van der Waals surface area (Å²) in [6.45, 7) is 5.55. The van der Waals surface area contributed by atoms with Crippen molar-refractivity contribution in [2.75, 3.05) is 26.3 Å². The molecule has 1 fully saturated rings. The van der Waals surface area contributed by atoms with Crippen molar-refractivity contribution in [2.24, 2.45) is 0 Å². The van der Waals surface area contributed by atoms with Crippen LogP contribution in [-0.2, 0) is 4.74 Å². The Morgan fingerprint density at radius 2 is 2.23 bits per heavy atom. The first-order valence-corrected chi connectivity index (χ1v) is 4.43. The van der Waals surface area contributed by atoms with Crippen LogP contribution in [0.25, 0.3) is 0 Å². The van der Waals surface area contributed by atoms with E-state index in [0.717, 1.165) is 32.1 Å². The number of hydrogen-bond acceptors (Lipinski definition) is 5. The lowest BCUT2D eigenvalue weighted by molar-refractivity contribution is 0.0182. The number of H-pyrrole nitrogens is 1. The number of hydrogen-bond donors (Lipinski definition) is 1. The van der Waals surface area contributed by atoms with E-state index < -0.39 is 0 Å². The maximum atomic E-state index is 5.26. The zero-order valence-electron chi connectivity index (χ0n) is 7.60. The molecule has 1 N–H and O–H groups in total. The van der Waals surface area contributed by atoms with Crippen LogP contribution in [0, 0.1) is 0 Å². The molecule has 2 rings (SSSR count). The number of aromatic amines is 1. The average Bonchev–Trinajstić information content (AvgIpc) is 2.71. The van der Waals surface area contributed by atoms with Crippen molar-refractivity contribution in [2.45, 2.75) is 13.0 Å². The first-order chi connectivity index (χ1) is 6.38. The van der Waals surface area contributed by atoms with E-state index in [9.17, 15) is 0 Å². The van der Waals surface area contributed by atoms with Gasteiger partial charge in [-0.05, 0) is 6.92 Å². The van der Waals surface area contributed by atoms with E-state index >= 15 is 0 Å². The van der Waals surface area contributed by atoms with Gasteiger partial charge in [-0.2, -0.15) is 5.21 Å². The van der Waals surface area contributed by atoms with E-state index in [1.165, 1.54) is 0 Å². The minimum absolute atomic E-state index is 0.225. The summed E-state index contributed by atoms with van der Waals surface area (Å²) in [6.07, 6.45) is 0. The number of nitrogens with zero attached hydrogens (tertiary/aromatic N) is 4. The Labute approximate surface area is 76.3 Å². The van der Waals surface area contributed by atoms with Crippen molar-refractivity contribution in [3.63, 3.8) is 0 Å². The van der Waals surface area contributed by atoms with E-state index in [2.05, 4.69) is 32.4 Å². The SMILES string of the molecule is CC(c1nn[nH]n1)N1CCOCC1. The summed E-state index contributed by atoms with van der Waals surface area (Å²) in [5.41, 5.74) is 0. The summed E-state index contributed by atoms with van der Waals surface area (Å²) in [5, 5.41) is 13.9. The van der Waals surface area contributed by atoms with E-state index in [1.54, 1.807) is 0 Å². The second-order valence-corrected chi connectivity index (χ2v) is 3.09. The molecule has 1 atom stereocenters. The van der Waals surface area contributed by atoms with Gasteiger partial charge in [0.2, 0.25) is 0 Å². The molecule has 2 heterocycles. The van der Waals surface area contributed by atoms with Crippen LogP contribution in [0.2, 0.25) is 0 Å². The maximum Gasteiger partial charge on any atom is 0.191 e. The fourth-order valence-corrected chi connectivity index (χ4v) is 1.47. The number of tetrazole rings is 1. The first kappa shape index (κ1) is 8.58. The van der Waals surface area contributed by atoms with Gasteiger partial charge in [0.25, 0.3) is 0 Å². The normalized spacial score (nSPS) is 21.6. The molecule has 0 aromatic carbocycles. The van der Waals surface area contributed by atoms with Crippen molar-refractivity contribution < 1.29 is 4.74 Å². The molecular weight excluding hydrogens is 170 g/mol. The molecular formula is C7H13N5O. The molecule has 1 aliphatic heterocycles. The van der Waals surface area contributed by atoms with E-state index in [0.29, 0.717) is 0 Å². The summed E-state index contributed by atoms with van der Waals surface area (Å²) in [7, 11) is 0. The maximum absolute atomic E-state index is 5.26. The molecule has 6 heteroatoms. The molecule has 0 amide bonds. The number of rotatable bonds is 2. The Kier molecular flexibility index (Phi) is 2.51. The monoisotopic (exact) mass is 183 g/mol. The highest BCUT2D eigenvalue weighted by atomic mass is 16.5. The highest BCUT2D eigenvalue weighted by Crippen LogP contribution is 2.15. The number of nitrogens with one attached hydrogen (secondary N) is 1. The summed E-state index contributed by atoms with van der Waals surface area (Å²) in [5.74, 6) is 0.752. The van der Waals surface area contributed by atoms with Crippen LogP contribution in [0.3, 0.4) is 0 Å². The van der Waals surface area contributed by atoms with Gasteiger partial charge in [-0.15, -0.1) is 10.2 Å². The van der Waals surface area contributed by atoms with Gasteiger partial charge in [0.1, 0.15) is 0 Å². The Morgan fingerprint density at radius 3 is 2.85 bits per heavy atom. The van der Waals surface area contributed by atoms with E-state index in [4.69, 9.17) is 4.74 Å². The average molecular weight is 183 g/mol. The predicted octanol–water partition coefficient (Wildman–Crippen LogP) is -0.407. The third-order valence-corrected chi connectivity index (χ3v) is 2.33. The summed E-state index contributed by atoms with van der Waals surface area (Å²) in [4.78, 5) is 2.29. The minimum Gasteiger partial charge on any atom is -0.379 e. The molecule has 0 spiro atoms. The highest BCUT2D eigenvalue weighted by Gasteiger charge is 2.21. The molecule has 1 aromatic rings. The molecule has 0 radical (unpaired) electrons. The predicted molar refractivity (Wildman–Crippen MR) is 45.0 cm³/mol. The summed E-state index contributed by atoms with van der Waals surface area (Å²) in [6, 6.07) is 0.225. The molecule has 1 aromatic heterocycles. The zero-order chi connectivity index (χ0) is 9.10. The lowest BCUT2D eigenvalue weighted by Crippen LogP contribution is -2.38. The number of morpholine rings is 1. The Hall–Kier alpha value is -1.01. The topological polar surface area (TPSA) is 66.9 Å². The molecule has 72 valence electrons. The quantitative estimate of drug-likeness (QED) is 0.675. The van der Waals surface area contributed by atoms with Gasteiger partial charge >= 0.3 is 0 Å². The van der Waals surface area contributed by atoms with Crippen LogP contribution >= 0.6 is 0 Å². The van der Waals surface area contributed by atoms with Crippen LogP contribution in [0.5, 0.6) is 0 Å². The largest absolute Gasteiger partial charge is 0.379 e. The summed E-state index contributed by atoms with van der Waals surface area (Å²) >= 11 is 0. The van der Waals surface area contributed by atoms with Crippen LogP contribution < -0.4 is 0 Å². The van der Waals surface area contributed by atoms with Gasteiger partial charge in [-0.25, -0.2) is 0 Å². The second-order valence-electron chi connectivity index (χ2n) is 3.09. The minimum atomic E-state index is 0.225. The van der Waals surface area contributed by atoms with Crippen molar-refractivity contribution >= 4 is 0 Å². The van der Waals surface area contributed by atoms with Gasteiger partial charge < -0.3 is 4.74 Å². The molecule has 0 bridgehead atoms. The highest BCUT2D eigenvalue weighted by molar-refractivity contribution is 4.88. The smallest absolute Gasteiger partial charge is 0.191 e. The van der Waals surface area contributed by atoms with Crippen molar-refractivity contribution in [3.05, 3.63) is 5.82 Å². The fraction of sp³-hybridized carbons (Fsp3) is 0.857. The standard InChI is InChI=1S/C7H13N5O/c1-6(7-8-10-11-9-7)12-2-4-13-5-3-12/h6H,2-5H2,1H3,(H,8,9,10,11). The van der Waals surface area contributed by atoms with Gasteiger partial charge in [0, 0.05) is 13.1 Å². The van der Waals surface area contributed by atoms with Gasteiger partial charge in [-0.1, -0.05) is 5.21 Å². The zero-order valence-corrected chi connectivity index (χ0v) is 7.60. The van der Waals surface area contributed by atoms with Crippen LogP contribution in [-0.4, -0.2) is 51.8 Å². The van der Waals surface area contributed by atoms with Gasteiger partial charge in [0.15, 0.2) is 5.82 Å². The third kappa shape index (κ3) is 1.84. The van der Waals surface area contributed by atoms with Crippen molar-refractivity contribution in [1.82, 2.24) is 25.5 Å². The fourth-order valence-electron chi connectivity index (χ4n) is 1.47. The molecule has 6 nitrogen and oxygen atoms in total. The molecule has 0 saturated carbocycles. The van der Waals surface area contributed by atoms with Crippen LogP contribution in [0.4, 0.5) is 0 Å². The third-order valence-electron chi connectivity index (χ3n) is 2.33. The molecule has 1 unspecified atom stereocenters. The Bertz CT molecular complexity index is 243. The molecule has 13 heavy (non-hydrogen) atoms. The van der Waals surface area contributed by atoms with Crippen molar-refractivity contribution in [1.29, 1.82) is 0 Å². The summed E-state index contributed by atoms with van der Waals surface area (Å²) < 4.78 is 5.26. The number of ether oxygens (including phenoxy) is 1. The van der Waals surface area contributed by atoms with Gasteiger partial charge in [-0.3, -0.25) is 4.90 Å². The lowest BCUT2D eigenvalue weighted by Gasteiger charge is -2.30. The Morgan fingerprint density at radius 1 is 1.46 bits per heavy atom. The van der Waals surface area contributed by atoms with Crippen LogP contribution in [0.1, 0.15) is 18.8 Å². The van der Waals surface area contributed by atoms with Crippen LogP contribution in [0.15, 0.2) is 0 Å². The second kappa shape index (κ2) is 3.80. The molecule has 1 aliphatic rings. The lowest BCUT2D eigenvalue weighted by atomic mass is 10.2. The molecule has 1 saturated heterocycles. The first-order valence-electron chi connectivity index (χ1n) is 4.43. The Balaban J connectivity index is 1.99. The molecule has 0 aliphatic carbocycles. The van der Waals surface area contributed by atoms with Gasteiger partial charge in [0.05, 0.1) is 19.3 Å². The van der Waals surface area contributed by atoms with E-state index in [1.807, 2.05) is 0 Å². The van der Waals surface area contributed by atoms with E-state index in [-0.39, 0.29) is 6.04 Å². The number of aromatic nitrogens is 4.